The Balaban J connectivity index is 0. The molecule has 242 valence electrons. The molecule has 0 aromatic heterocycles. The van der Waals surface area contributed by atoms with Gasteiger partial charge in [-0.15, -0.1) is 24.8 Å². The number of nitrogens with zero attached hydrogens (tertiary/aromatic N) is 2. The second kappa shape index (κ2) is 17.0. The van der Waals surface area contributed by atoms with E-state index < -0.39 is 0 Å². The first-order valence-electron chi connectivity index (χ1n) is 14.9. The number of benzene rings is 2. The van der Waals surface area contributed by atoms with Gasteiger partial charge in [-0.1, -0.05) is 114 Å². The van der Waals surface area contributed by atoms with Crippen LogP contribution in [0.1, 0.15) is 149 Å². The Morgan fingerprint density at radius 2 is 1.00 bits per heavy atom. The molecule has 0 heterocycles. The Kier molecular flexibility index (Phi) is 17.3. The number of phenolic OH excluding ortho intramolecular Hbond substituents is 2. The van der Waals surface area contributed by atoms with Crippen molar-refractivity contribution in [2.45, 2.75) is 143 Å². The normalized spacial score (nSPS) is 14.5. The van der Waals surface area contributed by atoms with Gasteiger partial charge in [0.2, 0.25) is 0 Å². The van der Waals surface area contributed by atoms with Crippen LogP contribution in [0.2, 0.25) is 0 Å². The number of hydrogen-bond acceptors (Lipinski definition) is 3. The zero-order valence-corrected chi connectivity index (χ0v) is 32.8. The average Bonchev–Trinajstić information content (AvgIpc) is 2.81. The molecule has 1 aliphatic carbocycles. The Bertz CT molecular complexity index is 1210. The topological polar surface area (TPSA) is 75.1 Å². The van der Waals surface area contributed by atoms with Gasteiger partial charge in [-0.3, -0.25) is 4.99 Å². The minimum Gasteiger partial charge on any atom is -0.810 e. The van der Waals surface area contributed by atoms with Crippen molar-refractivity contribution in [3.63, 3.8) is 0 Å². The molecule has 0 bridgehead atoms. The van der Waals surface area contributed by atoms with E-state index in [-0.39, 0.29) is 78.4 Å². The molecule has 7 heteroatoms. The minimum atomic E-state index is -0.150. The quantitative estimate of drug-likeness (QED) is 0.311. The Morgan fingerprint density at radius 3 is 1.35 bits per heavy atom. The largest absolute Gasteiger partial charge is 0.810 e. The third kappa shape index (κ3) is 12.6. The summed E-state index contributed by atoms with van der Waals surface area (Å²) in [5.41, 5.74) is 5.41. The van der Waals surface area contributed by atoms with Crippen LogP contribution in [0, 0.1) is 0 Å². The van der Waals surface area contributed by atoms with Gasteiger partial charge in [0.05, 0.1) is 0 Å². The molecule has 3 rings (SSSR count). The van der Waals surface area contributed by atoms with Crippen LogP contribution in [0.15, 0.2) is 29.3 Å². The zero-order chi connectivity index (χ0) is 30.7. The fourth-order valence-electron chi connectivity index (χ4n) is 4.94. The minimum absolute atomic E-state index is 0. The summed E-state index contributed by atoms with van der Waals surface area (Å²) in [6.07, 6.45) is 9.15. The molecule has 4 nitrogen and oxygen atoms in total. The number of aromatic hydroxyl groups is 2. The van der Waals surface area contributed by atoms with Crippen molar-refractivity contribution in [1.82, 2.24) is 0 Å². The zero-order valence-electron chi connectivity index (χ0n) is 28.7. The molecular formula is C36H57Cl2N2O2Zr-. The number of hydrogen-bond donors (Lipinski definition) is 2. The van der Waals surface area contributed by atoms with Crippen LogP contribution in [-0.4, -0.2) is 28.7 Å². The molecule has 0 unspecified atom stereocenters. The molecule has 43 heavy (non-hydrogen) atoms. The monoisotopic (exact) mass is 709 g/mol. The van der Waals surface area contributed by atoms with E-state index in [4.69, 9.17) is 4.99 Å². The predicted molar refractivity (Wildman–Crippen MR) is 189 cm³/mol. The third-order valence-electron chi connectivity index (χ3n) is 7.77. The van der Waals surface area contributed by atoms with E-state index in [0.717, 1.165) is 28.5 Å². The van der Waals surface area contributed by atoms with Gasteiger partial charge in [-0.2, -0.15) is 6.21 Å². The maximum atomic E-state index is 10.8. The molecule has 0 atom stereocenters. The van der Waals surface area contributed by atoms with Gasteiger partial charge < -0.3 is 15.6 Å². The van der Waals surface area contributed by atoms with Crippen molar-refractivity contribution in [2.24, 2.45) is 4.99 Å². The molecule has 0 amide bonds. The number of rotatable bonds is 3. The van der Waals surface area contributed by atoms with Crippen LogP contribution in [0.3, 0.4) is 0 Å². The molecule has 1 fully saturated rings. The summed E-state index contributed by atoms with van der Waals surface area (Å²) in [7, 11) is 0. The summed E-state index contributed by atoms with van der Waals surface area (Å²) < 4.78 is 0. The summed E-state index contributed by atoms with van der Waals surface area (Å²) in [4.78, 5) is 4.78. The van der Waals surface area contributed by atoms with Gasteiger partial charge in [0.15, 0.2) is 0 Å². The van der Waals surface area contributed by atoms with Crippen LogP contribution < -0.4 is 0 Å². The van der Waals surface area contributed by atoms with E-state index in [0.29, 0.717) is 17.4 Å². The van der Waals surface area contributed by atoms with Crippen LogP contribution in [0.5, 0.6) is 11.5 Å². The van der Waals surface area contributed by atoms with Crippen molar-refractivity contribution in [3.8, 4) is 11.5 Å². The summed E-state index contributed by atoms with van der Waals surface area (Å²) >= 11 is 0. The van der Waals surface area contributed by atoms with E-state index in [2.05, 4.69) is 95.2 Å². The van der Waals surface area contributed by atoms with Gasteiger partial charge in [-0.05, 0) is 63.3 Å². The molecule has 0 aliphatic heterocycles. The van der Waals surface area contributed by atoms with Gasteiger partial charge in [0.1, 0.15) is 11.5 Å². The maximum absolute atomic E-state index is 10.8. The van der Waals surface area contributed by atoms with Crippen molar-refractivity contribution in [2.75, 3.05) is 0 Å². The Hall–Kier alpha value is -1.16. The number of halogens is 2. The van der Waals surface area contributed by atoms with E-state index in [1.54, 1.807) is 0 Å². The number of aliphatic imine (C=N–C) groups is 1. The van der Waals surface area contributed by atoms with Gasteiger partial charge >= 0.3 is 0 Å². The van der Waals surface area contributed by atoms with E-state index >= 15 is 0 Å². The van der Waals surface area contributed by atoms with Gasteiger partial charge in [0.25, 0.3) is 0 Å². The summed E-state index contributed by atoms with van der Waals surface area (Å²) in [6.45, 7) is 25.6. The van der Waals surface area contributed by atoms with Gasteiger partial charge in [0, 0.05) is 55.2 Å². The van der Waals surface area contributed by atoms with Crippen molar-refractivity contribution in [3.05, 3.63) is 63.1 Å². The molecule has 2 aromatic carbocycles. The first-order chi connectivity index (χ1) is 18.2. The molecule has 2 N–H and O–H groups in total. The van der Waals surface area contributed by atoms with Crippen molar-refractivity contribution in [1.29, 1.82) is 0 Å². The second-order valence-corrected chi connectivity index (χ2v) is 15.6. The first-order valence-corrected chi connectivity index (χ1v) is 14.9. The third-order valence-corrected chi connectivity index (χ3v) is 7.77. The van der Waals surface area contributed by atoms with E-state index in [1.165, 1.54) is 37.7 Å². The summed E-state index contributed by atoms with van der Waals surface area (Å²) in [5.74, 6) is 0.568. The molecule has 1 saturated carbocycles. The van der Waals surface area contributed by atoms with Crippen LogP contribution in [0.25, 0.3) is 5.41 Å². The summed E-state index contributed by atoms with van der Waals surface area (Å²) in [6, 6.07) is 8.57. The van der Waals surface area contributed by atoms with Crippen LogP contribution in [-0.2, 0) is 47.9 Å². The van der Waals surface area contributed by atoms with Gasteiger partial charge in [-0.25, -0.2) is 0 Å². The molecule has 0 spiro atoms. The van der Waals surface area contributed by atoms with Crippen LogP contribution >= 0.6 is 24.8 Å². The van der Waals surface area contributed by atoms with Crippen LogP contribution in [0.4, 0.5) is 0 Å². The fourth-order valence-corrected chi connectivity index (χ4v) is 4.94. The summed E-state index contributed by atoms with van der Waals surface area (Å²) in [5, 5.41) is 30.1. The smallest absolute Gasteiger partial charge is 0.128 e. The molecule has 1 aliphatic rings. The number of phenols is 2. The first kappa shape index (κ1) is 44.0. The average molecular weight is 712 g/mol. The SMILES string of the molecule is CC(C)(C)c1cc(C=NC2CCCCC2)c(O)c(C(C)(C)C)c1.CC(C)(C)c1cc(C=[N-])c(O)c(C(C)(C)C)c1.Cl.Cl.[Zr]. The Morgan fingerprint density at radius 1 is 0.628 bits per heavy atom. The molecular weight excluding hydrogens is 655 g/mol. The Labute approximate surface area is 294 Å². The second-order valence-electron chi connectivity index (χ2n) is 15.6. The predicted octanol–water partition coefficient (Wildman–Crippen LogP) is 10.6. The van der Waals surface area contributed by atoms with Crippen molar-refractivity contribution < 1.29 is 36.4 Å². The molecule has 2 aromatic rings. The van der Waals surface area contributed by atoms with E-state index in [9.17, 15) is 15.6 Å². The molecule has 0 radical (unpaired) electrons. The standard InChI is InChI=1S/C21H33NO.C15H22NO.2ClH.Zr/c1-20(2,3)16-12-15(14-22-17-10-8-7-9-11-17)19(23)18(13-16)21(4,5)6;1-14(2,3)11-7-10(9-16)13(17)12(8-11)15(4,5)6;;;/h12-14,17,23H,7-11H2,1-6H3;7-9,17H,1-6H3;2*1H;/q;-1;;;. The van der Waals surface area contributed by atoms with Crippen molar-refractivity contribution >= 4 is 37.2 Å². The molecule has 0 saturated heterocycles. The maximum Gasteiger partial charge on any atom is 0.128 e. The fraction of sp³-hybridized carbons (Fsp3) is 0.611. The van der Waals surface area contributed by atoms with E-state index in [1.807, 2.05) is 18.3 Å².